The Labute approximate surface area is 204 Å². The van der Waals surface area contributed by atoms with Crippen LogP contribution in [0.3, 0.4) is 0 Å². The number of aryl methyl sites for hydroxylation is 1. The number of carbonyl (C=O) groups is 1. The van der Waals surface area contributed by atoms with Crippen LogP contribution in [-0.2, 0) is 26.2 Å². The number of para-hydroxylation sites is 1. The highest BCUT2D eigenvalue weighted by Gasteiger charge is 2.33. The van der Waals surface area contributed by atoms with Crippen molar-refractivity contribution in [1.82, 2.24) is 14.4 Å². The van der Waals surface area contributed by atoms with Crippen LogP contribution in [0.1, 0.15) is 35.7 Å². The Morgan fingerprint density at radius 1 is 1.20 bits per heavy atom. The van der Waals surface area contributed by atoms with Gasteiger partial charge in [0.15, 0.2) is 0 Å². The zero-order valence-electron chi connectivity index (χ0n) is 19.4. The Hall–Kier alpha value is -2.92. The Balaban J connectivity index is 1.38. The molecule has 1 amide bonds. The number of amides is 1. The van der Waals surface area contributed by atoms with E-state index in [1.165, 1.54) is 22.5 Å². The van der Waals surface area contributed by atoms with Gasteiger partial charge in [0, 0.05) is 24.2 Å². The highest BCUT2D eigenvalue weighted by atomic mass is 32.2. The normalized spacial score (nSPS) is 16.3. The van der Waals surface area contributed by atoms with Crippen molar-refractivity contribution in [3.8, 4) is 0 Å². The van der Waals surface area contributed by atoms with E-state index in [0.717, 1.165) is 28.2 Å². The summed E-state index contributed by atoms with van der Waals surface area (Å²) in [5.74, 6) is -1.14. The Morgan fingerprint density at radius 2 is 1.94 bits per heavy atom. The fourth-order valence-corrected chi connectivity index (χ4v) is 6.14. The summed E-state index contributed by atoms with van der Waals surface area (Å²) in [4.78, 5) is 15.7. The lowest BCUT2D eigenvalue weighted by Gasteiger charge is -2.33. The fourth-order valence-electron chi connectivity index (χ4n) is 4.42. The molecule has 10 heteroatoms. The van der Waals surface area contributed by atoms with Crippen LogP contribution >= 0.6 is 0 Å². The first kappa shape index (κ1) is 25.2. The van der Waals surface area contributed by atoms with Gasteiger partial charge in [-0.1, -0.05) is 30.3 Å². The Bertz CT molecular complexity index is 1300. The van der Waals surface area contributed by atoms with Crippen molar-refractivity contribution in [3.05, 3.63) is 77.2 Å². The first-order valence-corrected chi connectivity index (χ1v) is 13.0. The Kier molecular flexibility index (Phi) is 7.75. The summed E-state index contributed by atoms with van der Waals surface area (Å²) in [6, 6.07) is 13.9. The molecular formula is C25H28FN3O5S. The maximum atomic E-state index is 13.7. The summed E-state index contributed by atoms with van der Waals surface area (Å²) >= 11 is 0. The van der Waals surface area contributed by atoms with Gasteiger partial charge in [-0.2, -0.15) is 0 Å². The number of aromatic nitrogens is 1. The van der Waals surface area contributed by atoms with E-state index < -0.39 is 27.6 Å². The van der Waals surface area contributed by atoms with Gasteiger partial charge in [-0.3, -0.25) is 15.0 Å². The third-order valence-electron chi connectivity index (χ3n) is 6.23. The van der Waals surface area contributed by atoms with E-state index in [1.54, 1.807) is 0 Å². The molecule has 35 heavy (non-hydrogen) atoms. The van der Waals surface area contributed by atoms with Gasteiger partial charge in [-0.05, 0) is 55.2 Å². The number of hydroxylamine groups is 2. The first-order chi connectivity index (χ1) is 16.8. The summed E-state index contributed by atoms with van der Waals surface area (Å²) in [5.41, 5.74) is 3.05. The molecule has 1 aliphatic heterocycles. The van der Waals surface area contributed by atoms with Crippen LogP contribution in [0.5, 0.6) is 0 Å². The first-order valence-electron chi connectivity index (χ1n) is 11.4. The molecule has 2 heterocycles. The molecule has 0 saturated carbocycles. The van der Waals surface area contributed by atoms with Crippen LogP contribution in [0.4, 0.5) is 4.39 Å². The smallest absolute Gasteiger partial charge is 0.233 e. The van der Waals surface area contributed by atoms with E-state index in [2.05, 4.69) is 4.98 Å². The molecule has 2 aromatic carbocycles. The number of nitrogens with zero attached hydrogens (tertiary/aromatic N) is 3. The van der Waals surface area contributed by atoms with E-state index in [1.807, 2.05) is 37.3 Å². The number of hydrogen-bond acceptors (Lipinski definition) is 6. The van der Waals surface area contributed by atoms with Gasteiger partial charge in [-0.25, -0.2) is 22.2 Å². The molecule has 4 rings (SSSR count). The van der Waals surface area contributed by atoms with Gasteiger partial charge in [-0.15, -0.1) is 0 Å². The summed E-state index contributed by atoms with van der Waals surface area (Å²) in [6.45, 7) is 2.85. The number of halogens is 1. The lowest BCUT2D eigenvalue weighted by atomic mass is 10.1. The van der Waals surface area contributed by atoms with E-state index in [-0.39, 0.29) is 36.2 Å². The van der Waals surface area contributed by atoms with E-state index in [0.29, 0.717) is 19.4 Å². The summed E-state index contributed by atoms with van der Waals surface area (Å²) in [6.07, 6.45) is 1.05. The maximum absolute atomic E-state index is 13.7. The molecule has 1 N–H and O–H groups in total. The van der Waals surface area contributed by atoms with Crippen molar-refractivity contribution in [2.45, 2.75) is 38.5 Å². The second-order valence-electron chi connectivity index (χ2n) is 8.68. The minimum atomic E-state index is -3.84. The summed E-state index contributed by atoms with van der Waals surface area (Å²) in [5, 5.41) is 11.3. The van der Waals surface area contributed by atoms with Crippen LogP contribution < -0.4 is 0 Å². The molecule has 1 aromatic heterocycles. The fraction of sp³-hybridized carbons (Fsp3) is 0.360. The van der Waals surface area contributed by atoms with Crippen molar-refractivity contribution in [2.24, 2.45) is 0 Å². The highest BCUT2D eigenvalue weighted by Crippen LogP contribution is 2.26. The molecule has 3 aromatic rings. The second kappa shape index (κ2) is 10.8. The van der Waals surface area contributed by atoms with Crippen LogP contribution in [0.15, 0.2) is 54.6 Å². The van der Waals surface area contributed by atoms with Crippen molar-refractivity contribution in [3.63, 3.8) is 0 Å². The number of fused-ring (bicyclic) bond motifs is 1. The predicted octanol–water partition coefficient (Wildman–Crippen LogP) is 3.58. The third kappa shape index (κ3) is 6.02. The van der Waals surface area contributed by atoms with Gasteiger partial charge in [0.2, 0.25) is 16.4 Å². The zero-order chi connectivity index (χ0) is 25.0. The molecule has 1 atom stereocenters. The number of ether oxygens (including phenoxy) is 1. The minimum Gasteiger partial charge on any atom is -0.373 e. The number of sulfonamides is 1. The number of benzene rings is 2. The molecule has 1 aliphatic rings. The topological polar surface area (TPSA) is 100 Å². The molecule has 0 aliphatic carbocycles. The molecule has 1 saturated heterocycles. The van der Waals surface area contributed by atoms with Crippen LogP contribution in [0.2, 0.25) is 0 Å². The summed E-state index contributed by atoms with van der Waals surface area (Å²) < 4.78 is 47.3. The van der Waals surface area contributed by atoms with Gasteiger partial charge in [0.05, 0.1) is 30.0 Å². The zero-order valence-corrected chi connectivity index (χ0v) is 20.2. The number of rotatable bonds is 9. The van der Waals surface area contributed by atoms with Crippen LogP contribution in [0, 0.1) is 12.7 Å². The van der Waals surface area contributed by atoms with Gasteiger partial charge in [0.25, 0.3) is 0 Å². The molecule has 0 radical (unpaired) electrons. The van der Waals surface area contributed by atoms with Crippen molar-refractivity contribution >= 4 is 27.3 Å². The van der Waals surface area contributed by atoms with E-state index >= 15 is 0 Å². The minimum absolute atomic E-state index is 0.1000. The molecule has 1 fully saturated rings. The number of pyridine rings is 1. The lowest BCUT2D eigenvalue weighted by Crippen LogP contribution is -2.44. The quantitative estimate of drug-likeness (QED) is 0.273. The average Bonchev–Trinajstić information content (AvgIpc) is 2.85. The number of piperidine rings is 1. The van der Waals surface area contributed by atoms with Gasteiger partial charge < -0.3 is 4.74 Å². The molecular weight excluding hydrogens is 473 g/mol. The van der Waals surface area contributed by atoms with Crippen LogP contribution in [-0.4, -0.2) is 59.3 Å². The largest absolute Gasteiger partial charge is 0.373 e. The van der Waals surface area contributed by atoms with E-state index in [9.17, 15) is 22.8 Å². The molecule has 8 nitrogen and oxygen atoms in total. The average molecular weight is 502 g/mol. The van der Waals surface area contributed by atoms with Gasteiger partial charge >= 0.3 is 0 Å². The SMILES string of the molecule is Cc1cc(COC2CCN(S(=O)(=O)CC(c3cccc(F)c3)N(O)C=O)CC2)c2ccccc2n1. The van der Waals surface area contributed by atoms with E-state index in [4.69, 9.17) is 4.74 Å². The monoisotopic (exact) mass is 501 g/mol. The maximum Gasteiger partial charge on any atom is 0.233 e. The third-order valence-corrected chi connectivity index (χ3v) is 8.12. The number of carbonyl (C=O) groups excluding carboxylic acids is 1. The lowest BCUT2D eigenvalue weighted by molar-refractivity contribution is -0.159. The molecule has 0 bridgehead atoms. The second-order valence-corrected chi connectivity index (χ2v) is 10.7. The molecule has 1 unspecified atom stereocenters. The molecule has 0 spiro atoms. The van der Waals surface area contributed by atoms with Crippen molar-refractivity contribution in [1.29, 1.82) is 0 Å². The number of hydrogen-bond donors (Lipinski definition) is 1. The molecule has 186 valence electrons. The van der Waals surface area contributed by atoms with Crippen molar-refractivity contribution in [2.75, 3.05) is 18.8 Å². The standard InChI is InChI=1S/C25H28FN3O5S/c1-18-13-20(23-7-2-3-8-24(23)27-18)15-34-22-9-11-28(12-10-22)35(32,33)16-25(29(31)17-30)19-5-4-6-21(26)14-19/h2-8,13-14,17,22,25,31H,9-12,15-16H2,1H3. The van der Waals surface area contributed by atoms with Crippen LogP contribution in [0.25, 0.3) is 10.9 Å². The van der Waals surface area contributed by atoms with Gasteiger partial charge in [0.1, 0.15) is 5.82 Å². The van der Waals surface area contributed by atoms with Crippen molar-refractivity contribution < 1.29 is 27.5 Å². The Morgan fingerprint density at radius 3 is 2.66 bits per heavy atom. The highest BCUT2D eigenvalue weighted by molar-refractivity contribution is 7.89. The predicted molar refractivity (Wildman–Crippen MR) is 128 cm³/mol. The summed E-state index contributed by atoms with van der Waals surface area (Å²) in [7, 11) is -3.84.